The number of hydrogen-bond acceptors (Lipinski definition) is 6. The third-order valence-electron chi connectivity index (χ3n) is 4.20. The fourth-order valence-corrected chi connectivity index (χ4v) is 4.52. The molecule has 1 aromatic carbocycles. The first-order valence-corrected chi connectivity index (χ1v) is 10.5. The van der Waals surface area contributed by atoms with Crippen LogP contribution in [0, 0.1) is 0 Å². The van der Waals surface area contributed by atoms with E-state index in [0.717, 1.165) is 36.5 Å². The van der Waals surface area contributed by atoms with Gasteiger partial charge in [0.25, 0.3) is 0 Å². The Morgan fingerprint density at radius 1 is 1.20 bits per heavy atom. The van der Waals surface area contributed by atoms with Gasteiger partial charge in [-0.15, -0.1) is 0 Å². The lowest BCUT2D eigenvalue weighted by Crippen LogP contribution is -2.22. The van der Waals surface area contributed by atoms with Crippen molar-refractivity contribution in [3.63, 3.8) is 0 Å². The molecule has 134 valence electrons. The standard InChI is InChI=1S/C18H24N4O2S/c1-2-3-10-19-17-12-16(14-7-5-4-6-8-14)21-18(22-17)20-15-9-11-25(23,24)13-15/h4-8,12,15H,2-3,9-11,13H2,1H3,(H2,19,20,21,22). The van der Waals surface area contributed by atoms with Crippen LogP contribution < -0.4 is 10.6 Å². The molecule has 6 nitrogen and oxygen atoms in total. The van der Waals surface area contributed by atoms with Gasteiger partial charge in [0, 0.05) is 24.2 Å². The van der Waals surface area contributed by atoms with Gasteiger partial charge in [0.1, 0.15) is 5.82 Å². The molecular weight excluding hydrogens is 336 g/mol. The van der Waals surface area contributed by atoms with Crippen LogP contribution in [0.5, 0.6) is 0 Å². The minimum absolute atomic E-state index is 0.125. The smallest absolute Gasteiger partial charge is 0.225 e. The third kappa shape index (κ3) is 4.92. The molecule has 0 amide bonds. The Bertz CT molecular complexity index is 809. The molecule has 0 radical (unpaired) electrons. The zero-order chi connectivity index (χ0) is 17.7. The van der Waals surface area contributed by atoms with Crippen molar-refractivity contribution in [2.75, 3.05) is 28.7 Å². The zero-order valence-corrected chi connectivity index (χ0v) is 15.2. The number of unbranched alkanes of at least 4 members (excludes halogenated alkanes) is 1. The van der Waals surface area contributed by atoms with E-state index in [0.29, 0.717) is 12.4 Å². The lowest BCUT2D eigenvalue weighted by Gasteiger charge is -2.14. The highest BCUT2D eigenvalue weighted by molar-refractivity contribution is 7.91. The molecule has 0 bridgehead atoms. The van der Waals surface area contributed by atoms with E-state index < -0.39 is 9.84 Å². The topological polar surface area (TPSA) is 84.0 Å². The molecule has 2 aromatic rings. The number of nitrogens with zero attached hydrogens (tertiary/aromatic N) is 2. The van der Waals surface area contributed by atoms with E-state index in [1.165, 1.54) is 0 Å². The predicted octanol–water partition coefficient (Wildman–Crippen LogP) is 2.95. The Balaban J connectivity index is 1.84. The lowest BCUT2D eigenvalue weighted by molar-refractivity contribution is 0.602. The predicted molar refractivity (Wildman–Crippen MR) is 102 cm³/mol. The Morgan fingerprint density at radius 2 is 2.00 bits per heavy atom. The second-order valence-electron chi connectivity index (χ2n) is 6.35. The van der Waals surface area contributed by atoms with E-state index in [1.54, 1.807) is 0 Å². The second kappa shape index (κ2) is 7.82. The summed E-state index contributed by atoms with van der Waals surface area (Å²) in [6.07, 6.45) is 2.77. The summed E-state index contributed by atoms with van der Waals surface area (Å²) in [6.45, 7) is 2.99. The molecule has 1 aliphatic heterocycles. The molecule has 3 rings (SSSR count). The number of benzene rings is 1. The van der Waals surface area contributed by atoms with Gasteiger partial charge in [-0.3, -0.25) is 0 Å². The van der Waals surface area contributed by atoms with Gasteiger partial charge < -0.3 is 10.6 Å². The fraction of sp³-hybridized carbons (Fsp3) is 0.444. The molecule has 1 aliphatic rings. The van der Waals surface area contributed by atoms with Crippen molar-refractivity contribution >= 4 is 21.6 Å². The van der Waals surface area contributed by atoms with Crippen molar-refractivity contribution in [3.8, 4) is 11.3 Å². The van der Waals surface area contributed by atoms with Gasteiger partial charge in [-0.2, -0.15) is 4.98 Å². The van der Waals surface area contributed by atoms with Crippen LogP contribution in [0.3, 0.4) is 0 Å². The summed E-state index contributed by atoms with van der Waals surface area (Å²) in [5.41, 5.74) is 1.82. The monoisotopic (exact) mass is 360 g/mol. The number of rotatable bonds is 7. The first-order chi connectivity index (χ1) is 12.1. The summed E-state index contributed by atoms with van der Waals surface area (Å²) >= 11 is 0. The van der Waals surface area contributed by atoms with Crippen LogP contribution in [0.2, 0.25) is 0 Å². The van der Waals surface area contributed by atoms with E-state index in [-0.39, 0.29) is 17.5 Å². The average molecular weight is 360 g/mol. The minimum atomic E-state index is -2.94. The zero-order valence-electron chi connectivity index (χ0n) is 14.4. The Hall–Kier alpha value is -2.15. The lowest BCUT2D eigenvalue weighted by atomic mass is 10.1. The van der Waals surface area contributed by atoms with Crippen molar-refractivity contribution in [1.29, 1.82) is 0 Å². The van der Waals surface area contributed by atoms with Gasteiger partial charge in [0.05, 0.1) is 17.2 Å². The van der Waals surface area contributed by atoms with Crippen molar-refractivity contribution in [3.05, 3.63) is 36.4 Å². The second-order valence-corrected chi connectivity index (χ2v) is 8.58. The van der Waals surface area contributed by atoms with E-state index in [2.05, 4.69) is 27.5 Å². The third-order valence-corrected chi connectivity index (χ3v) is 5.97. The normalized spacial score (nSPS) is 18.8. The van der Waals surface area contributed by atoms with Crippen LogP contribution in [-0.4, -0.2) is 42.5 Å². The summed E-state index contributed by atoms with van der Waals surface area (Å²) < 4.78 is 23.3. The van der Waals surface area contributed by atoms with Gasteiger partial charge >= 0.3 is 0 Å². The molecule has 0 aliphatic carbocycles. The molecule has 2 N–H and O–H groups in total. The summed E-state index contributed by atoms with van der Waals surface area (Å²) in [6, 6.07) is 11.7. The molecule has 1 fully saturated rings. The highest BCUT2D eigenvalue weighted by Crippen LogP contribution is 2.23. The van der Waals surface area contributed by atoms with Crippen LogP contribution >= 0.6 is 0 Å². The van der Waals surface area contributed by atoms with Crippen molar-refractivity contribution in [2.24, 2.45) is 0 Å². The molecule has 1 atom stereocenters. The van der Waals surface area contributed by atoms with Crippen LogP contribution in [-0.2, 0) is 9.84 Å². The molecule has 7 heteroatoms. The highest BCUT2D eigenvalue weighted by Gasteiger charge is 2.28. The van der Waals surface area contributed by atoms with E-state index in [4.69, 9.17) is 0 Å². The number of anilines is 2. The van der Waals surface area contributed by atoms with Crippen LogP contribution in [0.15, 0.2) is 36.4 Å². The van der Waals surface area contributed by atoms with E-state index in [9.17, 15) is 8.42 Å². The summed E-state index contributed by atoms with van der Waals surface area (Å²) in [5, 5.41) is 6.52. The molecular formula is C18H24N4O2S. The van der Waals surface area contributed by atoms with Crippen molar-refractivity contribution in [2.45, 2.75) is 32.2 Å². The Morgan fingerprint density at radius 3 is 2.68 bits per heavy atom. The van der Waals surface area contributed by atoms with Gasteiger partial charge in [0.15, 0.2) is 9.84 Å². The van der Waals surface area contributed by atoms with Gasteiger partial charge in [-0.05, 0) is 12.8 Å². The summed E-state index contributed by atoms with van der Waals surface area (Å²) in [4.78, 5) is 9.10. The molecule has 0 saturated carbocycles. The molecule has 1 unspecified atom stereocenters. The van der Waals surface area contributed by atoms with E-state index >= 15 is 0 Å². The molecule has 25 heavy (non-hydrogen) atoms. The van der Waals surface area contributed by atoms with E-state index in [1.807, 2.05) is 36.4 Å². The maximum atomic E-state index is 11.7. The van der Waals surface area contributed by atoms with Crippen LogP contribution in [0.1, 0.15) is 26.2 Å². The summed E-state index contributed by atoms with van der Waals surface area (Å²) in [7, 11) is -2.94. The van der Waals surface area contributed by atoms with Crippen molar-refractivity contribution in [1.82, 2.24) is 9.97 Å². The Labute approximate surface area is 149 Å². The molecule has 1 aromatic heterocycles. The van der Waals surface area contributed by atoms with Crippen LogP contribution in [0.25, 0.3) is 11.3 Å². The quantitative estimate of drug-likeness (QED) is 0.739. The SMILES string of the molecule is CCCCNc1cc(-c2ccccc2)nc(NC2CCS(=O)(=O)C2)n1. The number of aromatic nitrogens is 2. The Kier molecular flexibility index (Phi) is 5.53. The largest absolute Gasteiger partial charge is 0.370 e. The maximum absolute atomic E-state index is 11.7. The first kappa shape index (κ1) is 17.7. The van der Waals surface area contributed by atoms with Gasteiger partial charge in [0.2, 0.25) is 5.95 Å². The number of sulfone groups is 1. The number of hydrogen-bond donors (Lipinski definition) is 2. The average Bonchev–Trinajstić information content (AvgIpc) is 2.94. The highest BCUT2D eigenvalue weighted by atomic mass is 32.2. The number of nitrogens with one attached hydrogen (secondary N) is 2. The molecule has 0 spiro atoms. The van der Waals surface area contributed by atoms with Crippen molar-refractivity contribution < 1.29 is 8.42 Å². The molecule has 1 saturated heterocycles. The minimum Gasteiger partial charge on any atom is -0.370 e. The molecule has 2 heterocycles. The van der Waals surface area contributed by atoms with Gasteiger partial charge in [-0.25, -0.2) is 13.4 Å². The summed E-state index contributed by atoms with van der Waals surface area (Å²) in [5.74, 6) is 1.60. The maximum Gasteiger partial charge on any atom is 0.225 e. The van der Waals surface area contributed by atoms with Crippen LogP contribution in [0.4, 0.5) is 11.8 Å². The fourth-order valence-electron chi connectivity index (χ4n) is 2.84. The first-order valence-electron chi connectivity index (χ1n) is 8.71. The van der Waals surface area contributed by atoms with Gasteiger partial charge in [-0.1, -0.05) is 43.7 Å².